The number of fused-ring (bicyclic) bond motifs is 2. The van der Waals surface area contributed by atoms with E-state index < -0.39 is 30.2 Å². The van der Waals surface area contributed by atoms with Crippen molar-refractivity contribution in [3.05, 3.63) is 74.7 Å². The Hall–Kier alpha value is -5.02. The molecule has 4 amide bonds. The molecule has 3 aromatic rings. The maximum Gasteiger partial charge on any atom is 0.317 e. The van der Waals surface area contributed by atoms with Crippen LogP contribution in [-0.2, 0) is 26.6 Å². The van der Waals surface area contributed by atoms with Crippen LogP contribution in [0.4, 0.5) is 19.3 Å². The normalized spacial score (nSPS) is 22.8. The number of aryl methyl sites for hydroxylation is 1. The third-order valence-corrected chi connectivity index (χ3v) is 13.6. The predicted molar refractivity (Wildman–Crippen MR) is 224 cm³/mol. The first-order valence-electron chi connectivity index (χ1n) is 21.4. The Bertz CT molecular complexity index is 2160. The summed E-state index contributed by atoms with van der Waals surface area (Å²) in [7, 11) is 6.69. The average molecular weight is 830 g/mol. The number of piperazine rings is 1. The molecule has 0 bridgehead atoms. The number of anilines is 1. The number of carbonyl (C=O) groups excluding carboxylic acids is 3. The van der Waals surface area contributed by atoms with Crippen molar-refractivity contribution in [2.45, 2.75) is 76.4 Å². The van der Waals surface area contributed by atoms with E-state index in [1.807, 2.05) is 24.4 Å². The summed E-state index contributed by atoms with van der Waals surface area (Å²) in [5.41, 5.74) is 5.83. The second-order valence-corrected chi connectivity index (χ2v) is 17.0. The largest absolute Gasteiger partial charge is 0.496 e. The topological polar surface area (TPSA) is 120 Å². The first kappa shape index (κ1) is 41.7. The maximum absolute atomic E-state index is 14.8. The number of halogens is 2. The molecule has 1 saturated carbocycles. The minimum absolute atomic E-state index is 0.100. The Morgan fingerprint density at radius 3 is 2.17 bits per heavy atom. The fourth-order valence-corrected chi connectivity index (χ4v) is 10.0. The molecule has 322 valence electrons. The summed E-state index contributed by atoms with van der Waals surface area (Å²) in [4.78, 5) is 62.1. The Morgan fingerprint density at radius 1 is 0.817 bits per heavy atom. The van der Waals surface area contributed by atoms with Crippen LogP contribution in [0.15, 0.2) is 41.3 Å². The van der Waals surface area contributed by atoms with E-state index in [1.165, 1.54) is 0 Å². The van der Waals surface area contributed by atoms with Crippen molar-refractivity contribution in [1.82, 2.24) is 29.5 Å². The molecule has 2 saturated heterocycles. The van der Waals surface area contributed by atoms with E-state index in [-0.39, 0.29) is 37.4 Å². The van der Waals surface area contributed by atoms with E-state index in [9.17, 15) is 28.0 Å². The van der Waals surface area contributed by atoms with Gasteiger partial charge in [-0.15, -0.1) is 0 Å². The van der Waals surface area contributed by atoms with Gasteiger partial charge in [-0.25, -0.2) is 13.6 Å². The molecule has 0 spiro atoms. The molecule has 3 atom stereocenters. The molecule has 1 aliphatic carbocycles. The highest BCUT2D eigenvalue weighted by atomic mass is 19.1. The Kier molecular flexibility index (Phi) is 12.2. The summed E-state index contributed by atoms with van der Waals surface area (Å²) in [5.74, 6) is 1.12. The number of ether oxygens (including phenoxy) is 2. The first-order valence-corrected chi connectivity index (χ1v) is 21.4. The summed E-state index contributed by atoms with van der Waals surface area (Å²) >= 11 is 0. The quantitative estimate of drug-likeness (QED) is 0.282. The minimum Gasteiger partial charge on any atom is -0.496 e. The van der Waals surface area contributed by atoms with E-state index in [2.05, 4.69) is 20.0 Å². The van der Waals surface area contributed by atoms with Gasteiger partial charge in [-0.3, -0.25) is 24.2 Å². The second-order valence-electron chi connectivity index (χ2n) is 17.0. The number of nitrogens with zero attached hydrogens (tertiary/aromatic N) is 6. The van der Waals surface area contributed by atoms with Crippen LogP contribution in [0.5, 0.6) is 11.5 Å². The number of piperidine rings is 1. The molecule has 5 aliphatic rings. The number of rotatable bonds is 10. The van der Waals surface area contributed by atoms with Crippen LogP contribution in [0.1, 0.15) is 75.9 Å². The number of aromatic nitrogens is 1. The van der Waals surface area contributed by atoms with Gasteiger partial charge in [-0.2, -0.15) is 0 Å². The number of hydrogen-bond donors (Lipinski definition) is 1. The van der Waals surface area contributed by atoms with Crippen molar-refractivity contribution < 1.29 is 32.6 Å². The smallest absolute Gasteiger partial charge is 0.317 e. The highest BCUT2D eigenvalue weighted by molar-refractivity contribution is 6.22. The molecule has 0 radical (unpaired) electrons. The number of pyridine rings is 1. The van der Waals surface area contributed by atoms with Gasteiger partial charge in [0.05, 0.1) is 43.5 Å². The lowest BCUT2D eigenvalue weighted by atomic mass is 9.91. The lowest BCUT2D eigenvalue weighted by molar-refractivity contribution is 0.0321. The highest BCUT2D eigenvalue weighted by Crippen LogP contribution is 2.39. The van der Waals surface area contributed by atoms with Crippen LogP contribution in [0.25, 0.3) is 11.1 Å². The zero-order valence-corrected chi connectivity index (χ0v) is 35.2. The Balaban J connectivity index is 0.837. The fraction of sp³-hybridized carbons (Fsp3) is 0.556. The average Bonchev–Trinajstić information content (AvgIpc) is 3.51. The van der Waals surface area contributed by atoms with Gasteiger partial charge in [0.1, 0.15) is 23.8 Å². The number of amides is 4. The standard InChI is InChI=1S/C45H57F2N7O6/c1-48-45(58)53-16-12-32-35(25-49(2)42(55)36(32)27-53)29-21-40(59-3)37(41(22-29)60-4)26-51-19-17-50(18-20-51)13-9-28-10-14-52(15-11-28)31-6-7-33-34(24-31)44(57)54(43(33)56)39-8-5-30(46)23-38(39)47/h6-7,21-22,24-25,28,30,38-39H,5,8-20,23,26-27H2,1-4H3,(H,48,58). The van der Waals surface area contributed by atoms with E-state index >= 15 is 0 Å². The van der Waals surface area contributed by atoms with Crippen LogP contribution < -0.4 is 25.2 Å². The maximum atomic E-state index is 14.8. The lowest BCUT2D eigenvalue weighted by Crippen LogP contribution is -2.48. The van der Waals surface area contributed by atoms with Crippen LogP contribution >= 0.6 is 0 Å². The van der Waals surface area contributed by atoms with Gasteiger partial charge in [0.15, 0.2) is 0 Å². The van der Waals surface area contributed by atoms with Crippen molar-refractivity contribution in [1.29, 1.82) is 0 Å². The van der Waals surface area contributed by atoms with Crippen LogP contribution in [0, 0.1) is 5.92 Å². The number of alkyl halides is 2. The zero-order chi connectivity index (χ0) is 42.2. The van der Waals surface area contributed by atoms with Gasteiger partial charge in [0.25, 0.3) is 17.4 Å². The van der Waals surface area contributed by atoms with E-state index in [0.29, 0.717) is 42.1 Å². The van der Waals surface area contributed by atoms with Crippen LogP contribution in [-0.4, -0.2) is 134 Å². The number of urea groups is 1. The van der Waals surface area contributed by atoms with Gasteiger partial charge in [0, 0.05) is 95.9 Å². The number of nitrogens with one attached hydrogen (secondary N) is 1. The number of carbonyl (C=O) groups is 3. The third kappa shape index (κ3) is 8.09. The molecule has 3 unspecified atom stereocenters. The molecule has 5 heterocycles. The van der Waals surface area contributed by atoms with Crippen molar-refractivity contribution in [3.8, 4) is 22.6 Å². The van der Waals surface area contributed by atoms with Crippen LogP contribution in [0.2, 0.25) is 0 Å². The summed E-state index contributed by atoms with van der Waals surface area (Å²) < 4.78 is 42.1. The Labute approximate surface area is 350 Å². The van der Waals surface area contributed by atoms with Crippen molar-refractivity contribution in [3.63, 3.8) is 0 Å². The third-order valence-electron chi connectivity index (χ3n) is 13.6. The number of hydrogen-bond acceptors (Lipinski definition) is 9. The van der Waals surface area contributed by atoms with Gasteiger partial charge in [-0.05, 0) is 92.4 Å². The molecule has 8 rings (SSSR count). The molecule has 15 heteroatoms. The van der Waals surface area contributed by atoms with Crippen molar-refractivity contribution in [2.24, 2.45) is 13.0 Å². The molecule has 60 heavy (non-hydrogen) atoms. The zero-order valence-electron chi connectivity index (χ0n) is 35.2. The van der Waals surface area contributed by atoms with E-state index in [0.717, 1.165) is 109 Å². The molecule has 2 aromatic carbocycles. The predicted octanol–water partition coefficient (Wildman–Crippen LogP) is 5.02. The highest BCUT2D eigenvalue weighted by Gasteiger charge is 2.45. The number of imide groups is 1. The Morgan fingerprint density at radius 2 is 1.50 bits per heavy atom. The van der Waals surface area contributed by atoms with Crippen molar-refractivity contribution in [2.75, 3.05) is 78.5 Å². The van der Waals surface area contributed by atoms with E-state index in [4.69, 9.17) is 9.47 Å². The van der Waals surface area contributed by atoms with Gasteiger partial charge in [0.2, 0.25) is 0 Å². The van der Waals surface area contributed by atoms with E-state index in [1.54, 1.807) is 49.9 Å². The molecule has 13 nitrogen and oxygen atoms in total. The molecule has 3 fully saturated rings. The van der Waals surface area contributed by atoms with Crippen molar-refractivity contribution >= 4 is 23.5 Å². The van der Waals surface area contributed by atoms with Gasteiger partial charge < -0.3 is 34.1 Å². The SMILES string of the molecule is CNC(=O)N1CCc2c(-c3cc(OC)c(CN4CCN(CCC5CCN(c6ccc7c(c6)C(=O)N(C6CCC(F)CC6F)C7=O)CC5)CC4)c(OC)c3)cn(C)c(=O)c2C1. The fourth-order valence-electron chi connectivity index (χ4n) is 10.0. The first-order chi connectivity index (χ1) is 29.0. The molecule has 1 aromatic heterocycles. The second kappa shape index (κ2) is 17.5. The van der Waals surface area contributed by atoms with Gasteiger partial charge >= 0.3 is 6.03 Å². The summed E-state index contributed by atoms with van der Waals surface area (Å²) in [6.45, 7) is 8.00. The van der Waals surface area contributed by atoms with Gasteiger partial charge in [-0.1, -0.05) is 0 Å². The minimum atomic E-state index is -1.55. The monoisotopic (exact) mass is 829 g/mol. The molecular weight excluding hydrogens is 773 g/mol. The molecular formula is C45H57F2N7O6. The number of benzene rings is 2. The summed E-state index contributed by atoms with van der Waals surface area (Å²) in [6, 6.07) is 8.33. The lowest BCUT2D eigenvalue weighted by Gasteiger charge is -2.37. The molecule has 4 aliphatic heterocycles. The summed E-state index contributed by atoms with van der Waals surface area (Å²) in [6.07, 6.45) is 2.89. The summed E-state index contributed by atoms with van der Waals surface area (Å²) in [5, 5.41) is 2.67. The van der Waals surface area contributed by atoms with Crippen LogP contribution in [0.3, 0.4) is 0 Å². The number of methoxy groups -OCH3 is 2. The molecule has 1 N–H and O–H groups in total.